The Morgan fingerprint density at radius 2 is 1.89 bits per heavy atom. The highest BCUT2D eigenvalue weighted by Crippen LogP contribution is 2.27. The molecule has 0 spiro atoms. The van der Waals surface area contributed by atoms with Gasteiger partial charge >= 0.3 is 0 Å². The second-order valence-corrected chi connectivity index (χ2v) is 5.10. The number of thioether (sulfide) groups is 1. The Hall–Kier alpha value is -2.26. The van der Waals surface area contributed by atoms with Crippen LogP contribution in [0, 0.1) is 11.3 Å². The van der Waals surface area contributed by atoms with Crippen LogP contribution in [-0.4, -0.2) is 15.7 Å². The average Bonchev–Trinajstić information content (AvgIpc) is 2.39. The number of nitrogen functional groups attached to an aromatic ring is 2. The highest BCUT2D eigenvalue weighted by molar-refractivity contribution is 7.99. The van der Waals surface area contributed by atoms with E-state index in [1.807, 2.05) is 30.3 Å². The Kier molecular flexibility index (Phi) is 3.88. The van der Waals surface area contributed by atoms with Crippen molar-refractivity contribution in [3.8, 4) is 17.3 Å². The van der Waals surface area contributed by atoms with Gasteiger partial charge in [-0.3, -0.25) is 0 Å². The van der Waals surface area contributed by atoms with E-state index in [-0.39, 0.29) is 17.3 Å². The molecule has 0 saturated carbocycles. The molecule has 0 aliphatic rings. The Morgan fingerprint density at radius 1 is 1.21 bits per heavy atom. The summed E-state index contributed by atoms with van der Waals surface area (Å²) >= 11 is 1.75. The van der Waals surface area contributed by atoms with E-state index in [0.29, 0.717) is 5.69 Å². The fraction of sp³-hybridized carbons (Fsp3) is 0.154. The average molecular weight is 271 g/mol. The second kappa shape index (κ2) is 5.59. The molecule has 0 fully saturated rings. The molecule has 1 aromatic heterocycles. The van der Waals surface area contributed by atoms with Gasteiger partial charge in [-0.15, -0.1) is 11.8 Å². The first-order valence-electron chi connectivity index (χ1n) is 5.72. The standard InChI is InChI=1S/C13H13N5S/c1-2-19-9-5-3-8(4-6-9)11-10(7-14)12(15)18-13(16)17-11/h3-6H,2H2,1H3,(H4,15,16,17,18). The van der Waals surface area contributed by atoms with Crippen molar-refractivity contribution in [3.63, 3.8) is 0 Å². The van der Waals surface area contributed by atoms with Gasteiger partial charge in [-0.05, 0) is 17.9 Å². The number of nitrogens with two attached hydrogens (primary N) is 2. The lowest BCUT2D eigenvalue weighted by atomic mass is 10.1. The van der Waals surface area contributed by atoms with Crippen LogP contribution in [-0.2, 0) is 0 Å². The molecule has 0 amide bonds. The zero-order valence-electron chi connectivity index (χ0n) is 10.4. The lowest BCUT2D eigenvalue weighted by molar-refractivity contribution is 1.18. The number of nitriles is 1. The third kappa shape index (κ3) is 2.77. The van der Waals surface area contributed by atoms with Gasteiger partial charge in [0.25, 0.3) is 0 Å². The molecule has 4 N–H and O–H groups in total. The smallest absolute Gasteiger partial charge is 0.222 e. The van der Waals surface area contributed by atoms with Gasteiger partial charge in [0, 0.05) is 10.5 Å². The molecule has 0 bridgehead atoms. The van der Waals surface area contributed by atoms with Gasteiger partial charge in [-0.1, -0.05) is 19.1 Å². The predicted octanol–water partition coefficient (Wildman–Crippen LogP) is 2.29. The summed E-state index contributed by atoms with van der Waals surface area (Å²) in [5.74, 6) is 1.19. The van der Waals surface area contributed by atoms with E-state index in [0.717, 1.165) is 11.3 Å². The third-order valence-corrected chi connectivity index (χ3v) is 3.40. The van der Waals surface area contributed by atoms with E-state index in [1.54, 1.807) is 11.8 Å². The summed E-state index contributed by atoms with van der Waals surface area (Å²) in [6.45, 7) is 2.10. The monoisotopic (exact) mass is 271 g/mol. The third-order valence-electron chi connectivity index (χ3n) is 2.50. The van der Waals surface area contributed by atoms with Crippen molar-refractivity contribution >= 4 is 23.5 Å². The Labute approximate surface area is 115 Å². The van der Waals surface area contributed by atoms with Gasteiger partial charge in [0.15, 0.2) is 0 Å². The molecule has 2 aromatic rings. The number of nitrogens with zero attached hydrogens (tertiary/aromatic N) is 3. The molecule has 6 heteroatoms. The zero-order chi connectivity index (χ0) is 13.8. The van der Waals surface area contributed by atoms with Gasteiger partial charge in [-0.25, -0.2) is 4.98 Å². The minimum atomic E-state index is 0.0681. The maximum Gasteiger partial charge on any atom is 0.222 e. The molecule has 0 aliphatic heterocycles. The van der Waals surface area contributed by atoms with E-state index in [2.05, 4.69) is 16.9 Å². The summed E-state index contributed by atoms with van der Waals surface area (Å²) in [4.78, 5) is 9.07. The van der Waals surface area contributed by atoms with Crippen molar-refractivity contribution in [1.29, 1.82) is 5.26 Å². The van der Waals surface area contributed by atoms with Crippen molar-refractivity contribution in [1.82, 2.24) is 9.97 Å². The lowest BCUT2D eigenvalue weighted by Gasteiger charge is -2.07. The number of aromatic nitrogens is 2. The molecule has 0 saturated heterocycles. The first kappa shape index (κ1) is 13.2. The molecule has 0 unspecified atom stereocenters. The largest absolute Gasteiger partial charge is 0.382 e. The minimum Gasteiger partial charge on any atom is -0.382 e. The van der Waals surface area contributed by atoms with Crippen molar-refractivity contribution in [2.75, 3.05) is 17.2 Å². The van der Waals surface area contributed by atoms with Gasteiger partial charge in [0.2, 0.25) is 5.95 Å². The van der Waals surface area contributed by atoms with E-state index < -0.39 is 0 Å². The van der Waals surface area contributed by atoms with Crippen molar-refractivity contribution in [2.24, 2.45) is 0 Å². The summed E-state index contributed by atoms with van der Waals surface area (Å²) in [5, 5.41) is 9.14. The van der Waals surface area contributed by atoms with Crippen molar-refractivity contribution in [2.45, 2.75) is 11.8 Å². The maximum absolute atomic E-state index is 9.14. The van der Waals surface area contributed by atoms with Gasteiger partial charge in [0.1, 0.15) is 17.5 Å². The summed E-state index contributed by atoms with van der Waals surface area (Å²) in [6.07, 6.45) is 0. The number of hydrogen-bond donors (Lipinski definition) is 2. The highest BCUT2D eigenvalue weighted by Gasteiger charge is 2.12. The van der Waals surface area contributed by atoms with Crippen LogP contribution < -0.4 is 11.5 Å². The Balaban J connectivity index is 2.49. The number of benzene rings is 1. The lowest BCUT2D eigenvalue weighted by Crippen LogP contribution is -2.04. The zero-order valence-corrected chi connectivity index (χ0v) is 11.2. The highest BCUT2D eigenvalue weighted by atomic mass is 32.2. The van der Waals surface area contributed by atoms with Crippen molar-refractivity contribution in [3.05, 3.63) is 29.8 Å². The molecule has 5 nitrogen and oxygen atoms in total. The van der Waals surface area contributed by atoms with Crippen molar-refractivity contribution < 1.29 is 0 Å². The maximum atomic E-state index is 9.14. The molecule has 1 heterocycles. The quantitative estimate of drug-likeness (QED) is 0.830. The molecule has 0 aliphatic carbocycles. The van der Waals surface area contributed by atoms with E-state index in [4.69, 9.17) is 16.7 Å². The molecule has 2 rings (SSSR count). The first-order valence-corrected chi connectivity index (χ1v) is 6.70. The van der Waals surface area contributed by atoms with Crippen LogP contribution in [0.4, 0.5) is 11.8 Å². The first-order chi connectivity index (χ1) is 9.15. The topological polar surface area (TPSA) is 102 Å². The summed E-state index contributed by atoms with van der Waals surface area (Å²) in [6, 6.07) is 9.79. The van der Waals surface area contributed by atoms with Crippen LogP contribution in [0.2, 0.25) is 0 Å². The molecule has 19 heavy (non-hydrogen) atoms. The molecule has 96 valence electrons. The predicted molar refractivity (Wildman–Crippen MR) is 77.4 cm³/mol. The summed E-state index contributed by atoms with van der Waals surface area (Å²) < 4.78 is 0. The Bertz CT molecular complexity index is 631. The minimum absolute atomic E-state index is 0.0681. The number of rotatable bonds is 3. The Morgan fingerprint density at radius 3 is 2.47 bits per heavy atom. The molecule has 0 radical (unpaired) electrons. The van der Waals surface area contributed by atoms with Crippen LogP contribution in [0.3, 0.4) is 0 Å². The SMILES string of the molecule is CCSc1ccc(-c2nc(N)nc(N)c2C#N)cc1. The summed E-state index contributed by atoms with van der Waals surface area (Å²) in [5.41, 5.74) is 12.8. The van der Waals surface area contributed by atoms with E-state index >= 15 is 0 Å². The van der Waals surface area contributed by atoms with Crippen LogP contribution in [0.25, 0.3) is 11.3 Å². The molecule has 0 atom stereocenters. The molecular formula is C13H13N5S. The van der Waals surface area contributed by atoms with Crippen LogP contribution in [0.5, 0.6) is 0 Å². The normalized spacial score (nSPS) is 10.1. The fourth-order valence-corrected chi connectivity index (χ4v) is 2.35. The number of hydrogen-bond acceptors (Lipinski definition) is 6. The second-order valence-electron chi connectivity index (χ2n) is 3.76. The fourth-order valence-electron chi connectivity index (χ4n) is 1.69. The van der Waals surface area contributed by atoms with Crippen LogP contribution >= 0.6 is 11.8 Å². The van der Waals surface area contributed by atoms with Crippen LogP contribution in [0.15, 0.2) is 29.2 Å². The van der Waals surface area contributed by atoms with E-state index in [1.165, 1.54) is 4.90 Å². The van der Waals surface area contributed by atoms with E-state index in [9.17, 15) is 0 Å². The summed E-state index contributed by atoms with van der Waals surface area (Å²) in [7, 11) is 0. The van der Waals surface area contributed by atoms with Gasteiger partial charge in [-0.2, -0.15) is 10.2 Å². The van der Waals surface area contributed by atoms with Crippen LogP contribution in [0.1, 0.15) is 12.5 Å². The van der Waals surface area contributed by atoms with Gasteiger partial charge in [0.05, 0.1) is 5.69 Å². The molecular weight excluding hydrogens is 258 g/mol. The number of anilines is 2. The molecule has 1 aromatic carbocycles. The van der Waals surface area contributed by atoms with Gasteiger partial charge < -0.3 is 11.5 Å².